The topological polar surface area (TPSA) is 90.9 Å². The molecule has 3 aromatic carbocycles. The van der Waals surface area contributed by atoms with Gasteiger partial charge in [-0.25, -0.2) is 18.4 Å². The molecule has 0 aliphatic heterocycles. The van der Waals surface area contributed by atoms with Crippen LogP contribution in [0.4, 0.5) is 5.82 Å². The van der Waals surface area contributed by atoms with Crippen LogP contribution in [0.3, 0.4) is 0 Å². The molecule has 0 spiro atoms. The maximum absolute atomic E-state index is 13.9. The molecule has 0 bridgehead atoms. The number of hydrogen-bond acceptors (Lipinski definition) is 5. The molecule has 0 amide bonds. The lowest BCUT2D eigenvalue weighted by atomic mass is 10.2. The van der Waals surface area contributed by atoms with Crippen LogP contribution in [0.2, 0.25) is 5.02 Å². The molecule has 0 unspecified atom stereocenters. The van der Waals surface area contributed by atoms with Crippen molar-refractivity contribution in [3.8, 4) is 0 Å². The first-order valence-electron chi connectivity index (χ1n) is 10.4. The Kier molecular flexibility index (Phi) is 5.11. The van der Waals surface area contributed by atoms with Gasteiger partial charge in [0.25, 0.3) is 0 Å². The lowest BCUT2D eigenvalue weighted by Gasteiger charge is -2.11. The predicted octanol–water partition coefficient (Wildman–Crippen LogP) is 5.32. The normalized spacial score (nSPS) is 12.0. The maximum Gasteiger partial charge on any atom is 0.212 e. The summed E-state index contributed by atoms with van der Waals surface area (Å²) in [7, 11) is -3.98. The molecule has 6 nitrogen and oxygen atoms in total. The minimum absolute atomic E-state index is 0.0310. The molecule has 5 rings (SSSR count). The summed E-state index contributed by atoms with van der Waals surface area (Å²) in [5, 5.41) is 0.562. The second-order valence-electron chi connectivity index (χ2n) is 8.05. The van der Waals surface area contributed by atoms with Crippen LogP contribution >= 0.6 is 11.6 Å². The highest BCUT2D eigenvalue weighted by Crippen LogP contribution is 2.37. The zero-order valence-corrected chi connectivity index (χ0v) is 19.7. The number of anilines is 1. The van der Waals surface area contributed by atoms with E-state index in [0.29, 0.717) is 27.3 Å². The molecule has 8 heteroatoms. The van der Waals surface area contributed by atoms with Crippen LogP contribution in [-0.4, -0.2) is 23.0 Å². The van der Waals surface area contributed by atoms with Crippen LogP contribution in [0.1, 0.15) is 16.7 Å². The molecule has 0 aliphatic carbocycles. The standard InChI is InChI=1S/C25H21ClN4O2S/c1-15-11-12-16(2)21(13-15)33(31,32)23-22-25(29-20-10-6-5-9-19(20)28-22)30(24(23)27)14-17-7-3-4-8-18(17)26/h3-13H,14,27H2,1-2H3. The van der Waals surface area contributed by atoms with E-state index in [1.54, 1.807) is 35.8 Å². The predicted molar refractivity (Wildman–Crippen MR) is 131 cm³/mol. The fourth-order valence-corrected chi connectivity index (χ4v) is 6.04. The van der Waals surface area contributed by atoms with Crippen molar-refractivity contribution in [1.82, 2.24) is 14.5 Å². The van der Waals surface area contributed by atoms with Gasteiger partial charge in [-0.1, -0.05) is 54.1 Å². The van der Waals surface area contributed by atoms with Gasteiger partial charge in [-0.05, 0) is 54.8 Å². The second kappa shape index (κ2) is 7.86. The van der Waals surface area contributed by atoms with Gasteiger partial charge < -0.3 is 10.3 Å². The highest BCUT2D eigenvalue weighted by Gasteiger charge is 2.31. The Balaban J connectivity index is 1.85. The Labute approximate surface area is 196 Å². The number of para-hydroxylation sites is 2. The van der Waals surface area contributed by atoms with Gasteiger partial charge in [0.15, 0.2) is 5.65 Å². The van der Waals surface area contributed by atoms with Crippen molar-refractivity contribution in [3.63, 3.8) is 0 Å². The van der Waals surface area contributed by atoms with Crippen LogP contribution in [0, 0.1) is 13.8 Å². The van der Waals surface area contributed by atoms with Crippen LogP contribution in [0.25, 0.3) is 22.2 Å². The first-order chi connectivity index (χ1) is 15.8. The number of rotatable bonds is 4. The average Bonchev–Trinajstić information content (AvgIpc) is 3.06. The van der Waals surface area contributed by atoms with Crippen molar-refractivity contribution in [1.29, 1.82) is 0 Å². The number of fused-ring (bicyclic) bond motifs is 2. The number of nitrogens with zero attached hydrogens (tertiary/aromatic N) is 3. The summed E-state index contributed by atoms with van der Waals surface area (Å²) in [6, 6.07) is 20.1. The molecule has 0 radical (unpaired) electrons. The molecule has 5 aromatic rings. The van der Waals surface area contributed by atoms with Gasteiger partial charge in [0.05, 0.1) is 22.5 Å². The van der Waals surface area contributed by atoms with E-state index in [0.717, 1.165) is 11.1 Å². The number of nitrogens with two attached hydrogens (primary N) is 1. The Hall–Kier alpha value is -3.42. The van der Waals surface area contributed by atoms with Crippen molar-refractivity contribution in [2.45, 2.75) is 30.2 Å². The van der Waals surface area contributed by atoms with Crippen molar-refractivity contribution in [3.05, 3.63) is 88.4 Å². The molecular formula is C25H21ClN4O2S. The molecule has 0 fully saturated rings. The monoisotopic (exact) mass is 476 g/mol. The highest BCUT2D eigenvalue weighted by atomic mass is 35.5. The summed E-state index contributed by atoms with van der Waals surface area (Å²) in [4.78, 5) is 9.61. The number of aryl methyl sites for hydroxylation is 2. The van der Waals surface area contributed by atoms with Crippen molar-refractivity contribution in [2.75, 3.05) is 5.73 Å². The summed E-state index contributed by atoms with van der Waals surface area (Å²) in [6.07, 6.45) is 0. The van der Waals surface area contributed by atoms with E-state index in [-0.39, 0.29) is 27.7 Å². The van der Waals surface area contributed by atoms with Crippen molar-refractivity contribution >= 4 is 49.5 Å². The fourth-order valence-electron chi connectivity index (χ4n) is 4.02. The molecule has 2 N–H and O–H groups in total. The van der Waals surface area contributed by atoms with E-state index in [9.17, 15) is 8.42 Å². The maximum atomic E-state index is 13.9. The lowest BCUT2D eigenvalue weighted by molar-refractivity contribution is 0.596. The van der Waals surface area contributed by atoms with Gasteiger partial charge in [0, 0.05) is 5.02 Å². The van der Waals surface area contributed by atoms with E-state index < -0.39 is 9.84 Å². The third kappa shape index (κ3) is 3.53. The summed E-state index contributed by atoms with van der Waals surface area (Å²) < 4.78 is 29.5. The summed E-state index contributed by atoms with van der Waals surface area (Å²) in [5.74, 6) is 0.0844. The highest BCUT2D eigenvalue weighted by molar-refractivity contribution is 7.92. The van der Waals surface area contributed by atoms with E-state index in [2.05, 4.69) is 0 Å². The Morgan fingerprint density at radius 3 is 2.33 bits per heavy atom. The minimum Gasteiger partial charge on any atom is -0.384 e. The van der Waals surface area contributed by atoms with Crippen LogP contribution in [-0.2, 0) is 16.4 Å². The molecule has 2 aromatic heterocycles. The summed E-state index contributed by atoms with van der Waals surface area (Å²) >= 11 is 6.40. The van der Waals surface area contributed by atoms with E-state index in [1.165, 1.54) is 0 Å². The number of aromatic nitrogens is 3. The first-order valence-corrected chi connectivity index (χ1v) is 12.2. The molecule has 0 saturated heterocycles. The van der Waals surface area contributed by atoms with Crippen LogP contribution < -0.4 is 5.73 Å². The Morgan fingerprint density at radius 2 is 1.61 bits per heavy atom. The molecule has 166 valence electrons. The fraction of sp³-hybridized carbons (Fsp3) is 0.120. The van der Waals surface area contributed by atoms with Crippen LogP contribution in [0.15, 0.2) is 76.5 Å². The smallest absolute Gasteiger partial charge is 0.212 e. The SMILES string of the molecule is Cc1ccc(C)c(S(=O)(=O)c2c(N)n(Cc3ccccc3Cl)c3nc4ccccc4nc23)c1. The quantitative estimate of drug-likeness (QED) is 0.379. The zero-order chi connectivity index (χ0) is 23.3. The third-order valence-electron chi connectivity index (χ3n) is 5.73. The van der Waals surface area contributed by atoms with Gasteiger partial charge in [0.2, 0.25) is 9.84 Å². The molecule has 33 heavy (non-hydrogen) atoms. The van der Waals surface area contributed by atoms with Gasteiger partial charge in [-0.2, -0.15) is 0 Å². The summed E-state index contributed by atoms with van der Waals surface area (Å²) in [6.45, 7) is 3.89. The molecule has 0 aliphatic rings. The molecular weight excluding hydrogens is 456 g/mol. The average molecular weight is 477 g/mol. The largest absolute Gasteiger partial charge is 0.384 e. The first kappa shape index (κ1) is 21.4. The van der Waals surface area contributed by atoms with E-state index in [4.69, 9.17) is 27.3 Å². The molecule has 2 heterocycles. The minimum atomic E-state index is -3.98. The van der Waals surface area contributed by atoms with E-state index in [1.807, 2.05) is 49.4 Å². The lowest BCUT2D eigenvalue weighted by Crippen LogP contribution is -2.10. The molecule has 0 saturated carbocycles. The van der Waals surface area contributed by atoms with Gasteiger partial charge in [0.1, 0.15) is 16.2 Å². The van der Waals surface area contributed by atoms with Crippen LogP contribution in [0.5, 0.6) is 0 Å². The van der Waals surface area contributed by atoms with Crippen molar-refractivity contribution < 1.29 is 8.42 Å². The Morgan fingerprint density at radius 1 is 0.939 bits per heavy atom. The molecule has 0 atom stereocenters. The third-order valence-corrected chi connectivity index (χ3v) is 8.06. The van der Waals surface area contributed by atoms with E-state index >= 15 is 0 Å². The number of halogens is 1. The van der Waals surface area contributed by atoms with Gasteiger partial charge >= 0.3 is 0 Å². The summed E-state index contributed by atoms with van der Waals surface area (Å²) in [5.41, 5.74) is 10.7. The van der Waals surface area contributed by atoms with Gasteiger partial charge in [-0.15, -0.1) is 0 Å². The zero-order valence-electron chi connectivity index (χ0n) is 18.1. The Bertz CT molecular complexity index is 1660. The van der Waals surface area contributed by atoms with Gasteiger partial charge in [-0.3, -0.25) is 0 Å². The van der Waals surface area contributed by atoms with Crippen molar-refractivity contribution in [2.24, 2.45) is 0 Å². The number of nitrogen functional groups attached to an aromatic ring is 1. The number of benzene rings is 3. The number of sulfone groups is 1. The number of hydrogen-bond donors (Lipinski definition) is 1. The second-order valence-corrected chi connectivity index (χ2v) is 10.3.